The van der Waals surface area contributed by atoms with Crippen LogP contribution in [0.3, 0.4) is 0 Å². The van der Waals surface area contributed by atoms with Crippen molar-refractivity contribution in [1.82, 2.24) is 15.1 Å². The molecule has 2 heterocycles. The average Bonchev–Trinajstić information content (AvgIpc) is 2.34. The maximum atomic E-state index is 11.2. The summed E-state index contributed by atoms with van der Waals surface area (Å²) in [4.78, 5) is 13.8. The molecule has 0 aromatic carbocycles. The summed E-state index contributed by atoms with van der Waals surface area (Å²) in [5.41, 5.74) is 0.809. The third-order valence-electron chi connectivity index (χ3n) is 3.59. The minimum Gasteiger partial charge on any atom is -0.301 e. The van der Waals surface area contributed by atoms with Gasteiger partial charge in [0, 0.05) is 12.6 Å². The maximum Gasteiger partial charge on any atom is 0.278 e. The van der Waals surface area contributed by atoms with E-state index in [1.165, 1.54) is 19.4 Å². The van der Waals surface area contributed by atoms with Crippen molar-refractivity contribution in [3.05, 3.63) is 26.6 Å². The minimum absolute atomic E-state index is 0.161. The number of likely N-dealkylation sites (tertiary alicyclic amines) is 1. The molecule has 1 saturated heterocycles. The molecule has 0 amide bonds. The van der Waals surface area contributed by atoms with Gasteiger partial charge in [0.1, 0.15) is 0 Å². The summed E-state index contributed by atoms with van der Waals surface area (Å²) in [5, 5.41) is 6.64. The fourth-order valence-corrected chi connectivity index (χ4v) is 2.91. The summed E-state index contributed by atoms with van der Waals surface area (Å²) in [6.45, 7) is 6.83. The Bertz CT molecular complexity index is 458. The number of aromatic amines is 1. The van der Waals surface area contributed by atoms with Gasteiger partial charge in [0.25, 0.3) is 5.56 Å². The number of aromatic nitrogens is 2. The van der Waals surface area contributed by atoms with Gasteiger partial charge in [-0.2, -0.15) is 5.10 Å². The Morgan fingerprint density at radius 1 is 1.61 bits per heavy atom. The summed E-state index contributed by atoms with van der Waals surface area (Å²) < 4.78 is 0.573. The zero-order valence-electron chi connectivity index (χ0n) is 10.9. The predicted molar refractivity (Wildman–Crippen MR) is 75.7 cm³/mol. The van der Waals surface area contributed by atoms with Gasteiger partial charge in [-0.3, -0.25) is 4.79 Å². The number of piperidine rings is 1. The molecular formula is C13H20BrN3O. The van der Waals surface area contributed by atoms with Crippen LogP contribution in [0, 0.1) is 5.92 Å². The minimum atomic E-state index is -0.161. The quantitative estimate of drug-likeness (QED) is 0.930. The van der Waals surface area contributed by atoms with Crippen molar-refractivity contribution >= 4 is 15.9 Å². The number of nitrogens with one attached hydrogen (secondary N) is 1. The molecule has 0 aliphatic carbocycles. The van der Waals surface area contributed by atoms with Crippen LogP contribution in [0.4, 0.5) is 0 Å². The molecule has 1 aromatic rings. The van der Waals surface area contributed by atoms with E-state index in [0.29, 0.717) is 16.4 Å². The molecule has 2 rings (SSSR count). The van der Waals surface area contributed by atoms with E-state index >= 15 is 0 Å². The van der Waals surface area contributed by atoms with Crippen LogP contribution in [0.25, 0.3) is 0 Å². The third kappa shape index (κ3) is 3.42. The summed E-state index contributed by atoms with van der Waals surface area (Å²) in [7, 11) is 0. The van der Waals surface area contributed by atoms with Crippen molar-refractivity contribution < 1.29 is 0 Å². The first-order valence-electron chi connectivity index (χ1n) is 6.54. The number of hydrogen-bond acceptors (Lipinski definition) is 3. The van der Waals surface area contributed by atoms with Gasteiger partial charge in [-0.25, -0.2) is 5.10 Å². The topological polar surface area (TPSA) is 49.0 Å². The van der Waals surface area contributed by atoms with E-state index in [9.17, 15) is 4.79 Å². The van der Waals surface area contributed by atoms with Crippen LogP contribution in [-0.4, -0.2) is 34.2 Å². The van der Waals surface area contributed by atoms with Crippen LogP contribution < -0.4 is 5.56 Å². The van der Waals surface area contributed by atoms with Crippen molar-refractivity contribution in [3.63, 3.8) is 0 Å². The number of nitrogens with zero attached hydrogens (tertiary/aromatic N) is 2. The normalized spacial score (nSPS) is 21.4. The third-order valence-corrected chi connectivity index (χ3v) is 4.18. The van der Waals surface area contributed by atoms with Crippen LogP contribution in [0.15, 0.2) is 15.3 Å². The Balaban J connectivity index is 2.00. The molecule has 1 aromatic heterocycles. The lowest BCUT2D eigenvalue weighted by atomic mass is 9.92. The molecule has 1 aliphatic rings. The second-order valence-electron chi connectivity index (χ2n) is 5.34. The van der Waals surface area contributed by atoms with Crippen LogP contribution in [-0.2, 0) is 6.42 Å². The van der Waals surface area contributed by atoms with Crippen molar-refractivity contribution in [1.29, 1.82) is 0 Å². The molecule has 1 aliphatic heterocycles. The van der Waals surface area contributed by atoms with E-state index in [1.807, 2.05) is 6.07 Å². The summed E-state index contributed by atoms with van der Waals surface area (Å²) in [5.74, 6) is 0.645. The van der Waals surface area contributed by atoms with Gasteiger partial charge in [0.2, 0.25) is 0 Å². The van der Waals surface area contributed by atoms with Gasteiger partial charge >= 0.3 is 0 Å². The highest BCUT2D eigenvalue weighted by Gasteiger charge is 2.22. The van der Waals surface area contributed by atoms with E-state index in [2.05, 4.69) is 44.9 Å². The van der Waals surface area contributed by atoms with Crippen molar-refractivity contribution in [2.75, 3.05) is 13.1 Å². The second-order valence-corrected chi connectivity index (χ2v) is 6.19. The predicted octanol–water partition coefficient (Wildman–Crippen LogP) is 2.20. The Labute approximate surface area is 116 Å². The molecule has 1 N–H and O–H groups in total. The molecule has 0 spiro atoms. The lowest BCUT2D eigenvalue weighted by molar-refractivity contribution is 0.139. The molecular weight excluding hydrogens is 294 g/mol. The first kappa shape index (κ1) is 13.7. The Morgan fingerprint density at radius 3 is 3.06 bits per heavy atom. The lowest BCUT2D eigenvalue weighted by Gasteiger charge is -2.35. The highest BCUT2D eigenvalue weighted by Crippen LogP contribution is 2.21. The van der Waals surface area contributed by atoms with Crippen LogP contribution in [0.2, 0.25) is 0 Å². The molecule has 0 bridgehead atoms. The Kier molecular flexibility index (Phi) is 4.56. The van der Waals surface area contributed by atoms with Crippen molar-refractivity contribution in [2.24, 2.45) is 5.92 Å². The van der Waals surface area contributed by atoms with E-state index in [4.69, 9.17) is 0 Å². The van der Waals surface area contributed by atoms with Crippen LogP contribution >= 0.6 is 15.9 Å². The van der Waals surface area contributed by atoms with Crippen LogP contribution in [0.5, 0.6) is 0 Å². The summed E-state index contributed by atoms with van der Waals surface area (Å²) in [6, 6.07) is 2.45. The smallest absolute Gasteiger partial charge is 0.278 e. The van der Waals surface area contributed by atoms with Crippen molar-refractivity contribution in [2.45, 2.75) is 39.2 Å². The maximum absolute atomic E-state index is 11.2. The fourth-order valence-electron chi connectivity index (χ4n) is 2.55. The zero-order chi connectivity index (χ0) is 13.1. The van der Waals surface area contributed by atoms with Gasteiger partial charge in [-0.1, -0.05) is 0 Å². The van der Waals surface area contributed by atoms with Gasteiger partial charge in [0.05, 0.1) is 10.2 Å². The fraction of sp³-hybridized carbons (Fsp3) is 0.692. The average molecular weight is 314 g/mol. The molecule has 0 radical (unpaired) electrons. The van der Waals surface area contributed by atoms with E-state index < -0.39 is 0 Å². The first-order chi connectivity index (χ1) is 8.56. The Morgan fingerprint density at radius 2 is 2.39 bits per heavy atom. The van der Waals surface area contributed by atoms with Gasteiger partial charge in [0.15, 0.2) is 0 Å². The van der Waals surface area contributed by atoms with E-state index in [-0.39, 0.29) is 5.56 Å². The SMILES string of the molecule is CC(C)N1CCCC(Cc2cc(Br)c(=O)[nH]n2)C1. The Hall–Kier alpha value is -0.680. The number of H-pyrrole nitrogens is 1. The molecule has 0 saturated carbocycles. The number of halogens is 1. The number of hydrogen-bond donors (Lipinski definition) is 1. The van der Waals surface area contributed by atoms with Gasteiger partial charge in [-0.15, -0.1) is 0 Å². The van der Waals surface area contributed by atoms with E-state index in [0.717, 1.165) is 18.7 Å². The van der Waals surface area contributed by atoms with Crippen molar-refractivity contribution in [3.8, 4) is 0 Å². The van der Waals surface area contributed by atoms with Crippen LogP contribution in [0.1, 0.15) is 32.4 Å². The molecule has 18 heavy (non-hydrogen) atoms. The molecule has 1 fully saturated rings. The summed E-state index contributed by atoms with van der Waals surface area (Å²) >= 11 is 3.25. The first-order valence-corrected chi connectivity index (χ1v) is 7.33. The molecule has 100 valence electrons. The molecule has 4 nitrogen and oxygen atoms in total. The monoisotopic (exact) mass is 313 g/mol. The molecule has 1 atom stereocenters. The highest BCUT2D eigenvalue weighted by atomic mass is 79.9. The van der Waals surface area contributed by atoms with Gasteiger partial charge < -0.3 is 4.90 Å². The molecule has 5 heteroatoms. The van der Waals surface area contributed by atoms with Gasteiger partial charge in [-0.05, 0) is 67.6 Å². The lowest BCUT2D eigenvalue weighted by Crippen LogP contribution is -2.40. The molecule has 1 unspecified atom stereocenters. The largest absolute Gasteiger partial charge is 0.301 e. The van der Waals surface area contributed by atoms with E-state index in [1.54, 1.807) is 0 Å². The summed E-state index contributed by atoms with van der Waals surface area (Å²) in [6.07, 6.45) is 3.45. The number of rotatable bonds is 3. The standard InChI is InChI=1S/C13H20BrN3O/c1-9(2)17-5-3-4-10(8-17)6-11-7-12(14)13(18)16-15-11/h7,9-10H,3-6,8H2,1-2H3,(H,16,18). The highest BCUT2D eigenvalue weighted by molar-refractivity contribution is 9.10. The zero-order valence-corrected chi connectivity index (χ0v) is 12.5. The second kappa shape index (κ2) is 5.97.